The fourth-order valence-electron chi connectivity index (χ4n) is 3.89. The van der Waals surface area contributed by atoms with Crippen molar-refractivity contribution in [2.24, 2.45) is 38.7 Å². The third-order valence-electron chi connectivity index (χ3n) is 6.23. The van der Waals surface area contributed by atoms with Gasteiger partial charge in [-0.15, -0.1) is 0 Å². The molecule has 12 N–H and O–H groups in total. The number of hydrogen-bond acceptors (Lipinski definition) is 9. The Morgan fingerprint density at radius 3 is 1.95 bits per heavy atom. The standard InChI is InChI=1S/C27H39N9O5S2/c28-22(3-1-13-33-26(29)30)24(37)36-23(4-2-14-34-27(31)32)25(38)35-17-5-7-18(8-6-17)41-19-9-11-21(12-10-19)43(39,40)16-20-15-42-20/h5-12,20,22-23H,1-4,13-16,28H2,(H,35,38)(H,36,37)(H4,29,30,33)(H4,31,32,34). The van der Waals surface area contributed by atoms with Gasteiger partial charge in [0.05, 0.1) is 16.7 Å². The van der Waals surface area contributed by atoms with Crippen LogP contribution in [-0.2, 0) is 19.4 Å². The van der Waals surface area contributed by atoms with Gasteiger partial charge in [-0.2, -0.15) is 11.8 Å². The van der Waals surface area contributed by atoms with E-state index in [1.54, 1.807) is 48.2 Å². The van der Waals surface area contributed by atoms with E-state index >= 15 is 0 Å². The minimum Gasteiger partial charge on any atom is -0.457 e. The van der Waals surface area contributed by atoms with Crippen molar-refractivity contribution in [1.29, 1.82) is 0 Å². The number of carbonyl (C=O) groups excluding carboxylic acids is 2. The van der Waals surface area contributed by atoms with E-state index in [0.717, 1.165) is 5.75 Å². The van der Waals surface area contributed by atoms with Crippen LogP contribution in [0.2, 0.25) is 0 Å². The molecule has 1 saturated heterocycles. The molecule has 1 aliphatic rings. The Morgan fingerprint density at radius 1 is 0.884 bits per heavy atom. The Balaban J connectivity index is 1.57. The molecule has 0 bridgehead atoms. The number of hydrogen-bond donors (Lipinski definition) is 7. The molecule has 2 aromatic rings. The second kappa shape index (κ2) is 16.0. The van der Waals surface area contributed by atoms with Crippen LogP contribution in [0.1, 0.15) is 25.7 Å². The van der Waals surface area contributed by atoms with Crippen molar-refractivity contribution in [2.45, 2.75) is 47.9 Å². The summed E-state index contributed by atoms with van der Waals surface area (Å²) in [5.74, 6) is 0.930. The summed E-state index contributed by atoms with van der Waals surface area (Å²) in [5, 5.41) is 5.68. The van der Waals surface area contributed by atoms with Crippen molar-refractivity contribution in [2.75, 3.05) is 29.9 Å². The fraction of sp³-hybridized carbons (Fsp3) is 0.407. The van der Waals surface area contributed by atoms with E-state index in [0.29, 0.717) is 43.0 Å². The topological polar surface area (TPSA) is 256 Å². The quantitative estimate of drug-likeness (QED) is 0.0537. The molecule has 1 heterocycles. The number of nitrogens with two attached hydrogens (primary N) is 5. The summed E-state index contributed by atoms with van der Waals surface area (Å²) in [4.78, 5) is 33.9. The summed E-state index contributed by atoms with van der Waals surface area (Å²) < 4.78 is 30.7. The van der Waals surface area contributed by atoms with E-state index in [1.165, 1.54) is 12.1 Å². The van der Waals surface area contributed by atoms with Crippen LogP contribution in [0.5, 0.6) is 11.5 Å². The van der Waals surface area contributed by atoms with Gasteiger partial charge in [0.15, 0.2) is 21.8 Å². The number of nitrogens with one attached hydrogen (secondary N) is 2. The van der Waals surface area contributed by atoms with Crippen LogP contribution in [0.15, 0.2) is 63.4 Å². The zero-order valence-electron chi connectivity index (χ0n) is 23.6. The average molecular weight is 634 g/mol. The maximum absolute atomic E-state index is 13.1. The normalized spacial score (nSPS) is 15.4. The van der Waals surface area contributed by atoms with Gasteiger partial charge >= 0.3 is 0 Å². The molecule has 16 heteroatoms. The van der Waals surface area contributed by atoms with Crippen LogP contribution in [0, 0.1) is 0 Å². The van der Waals surface area contributed by atoms with Gasteiger partial charge in [0.2, 0.25) is 11.8 Å². The van der Waals surface area contributed by atoms with Crippen LogP contribution in [0.4, 0.5) is 5.69 Å². The number of aliphatic imine (C=N–C) groups is 2. The maximum atomic E-state index is 13.1. The Labute approximate surface area is 255 Å². The van der Waals surface area contributed by atoms with Crippen LogP contribution >= 0.6 is 11.8 Å². The lowest BCUT2D eigenvalue weighted by Gasteiger charge is -2.20. The Hall–Kier alpha value is -4.02. The molecule has 1 fully saturated rings. The van der Waals surface area contributed by atoms with Crippen molar-refractivity contribution in [3.05, 3.63) is 48.5 Å². The molecule has 0 aromatic heterocycles. The number of sulfone groups is 1. The Kier molecular flexibility index (Phi) is 12.5. The molecule has 3 rings (SSSR count). The average Bonchev–Trinajstić information content (AvgIpc) is 3.77. The summed E-state index contributed by atoms with van der Waals surface area (Å²) in [7, 11) is -3.32. The molecule has 14 nitrogen and oxygen atoms in total. The molecular weight excluding hydrogens is 594 g/mol. The van der Waals surface area contributed by atoms with E-state index in [-0.39, 0.29) is 40.8 Å². The molecule has 3 atom stereocenters. The molecule has 0 saturated carbocycles. The molecule has 43 heavy (non-hydrogen) atoms. The Morgan fingerprint density at radius 2 is 1.42 bits per heavy atom. The minimum atomic E-state index is -3.32. The molecule has 1 aliphatic heterocycles. The second-order valence-corrected chi connectivity index (χ2v) is 13.3. The van der Waals surface area contributed by atoms with Gasteiger partial charge in [-0.05, 0) is 74.2 Å². The van der Waals surface area contributed by atoms with Crippen molar-refractivity contribution < 1.29 is 22.7 Å². The lowest BCUT2D eigenvalue weighted by atomic mass is 10.1. The number of benzene rings is 2. The third kappa shape index (κ3) is 12.0. The second-order valence-electron chi connectivity index (χ2n) is 9.89. The summed E-state index contributed by atoms with van der Waals surface area (Å²) in [5.41, 5.74) is 27.8. The van der Waals surface area contributed by atoms with Gasteiger partial charge in [-0.25, -0.2) is 8.42 Å². The van der Waals surface area contributed by atoms with E-state index in [4.69, 9.17) is 33.4 Å². The highest BCUT2D eigenvalue weighted by atomic mass is 32.2. The minimum absolute atomic E-state index is 0.0415. The monoisotopic (exact) mass is 633 g/mol. The van der Waals surface area contributed by atoms with Crippen molar-refractivity contribution >= 4 is 51.0 Å². The van der Waals surface area contributed by atoms with Crippen LogP contribution in [0.25, 0.3) is 0 Å². The third-order valence-corrected chi connectivity index (χ3v) is 9.24. The predicted octanol–water partition coefficient (Wildman–Crippen LogP) is 0.226. The lowest BCUT2D eigenvalue weighted by molar-refractivity contribution is -0.127. The van der Waals surface area contributed by atoms with Gasteiger partial charge in [0.25, 0.3) is 0 Å². The largest absolute Gasteiger partial charge is 0.457 e. The zero-order chi connectivity index (χ0) is 31.4. The van der Waals surface area contributed by atoms with E-state index in [9.17, 15) is 18.0 Å². The fourth-order valence-corrected chi connectivity index (χ4v) is 6.57. The molecule has 234 valence electrons. The number of anilines is 1. The summed E-state index contributed by atoms with van der Waals surface area (Å²) in [6.07, 6.45) is 1.51. The molecule has 0 radical (unpaired) electrons. The van der Waals surface area contributed by atoms with Gasteiger partial charge in [0, 0.05) is 29.8 Å². The first-order valence-corrected chi connectivity index (χ1v) is 16.3. The molecule has 0 spiro atoms. The van der Waals surface area contributed by atoms with Crippen molar-refractivity contribution in [3.8, 4) is 11.5 Å². The van der Waals surface area contributed by atoms with Crippen LogP contribution in [-0.4, -0.2) is 74.1 Å². The number of rotatable bonds is 17. The summed E-state index contributed by atoms with van der Waals surface area (Å²) in [6, 6.07) is 11.1. The highest BCUT2D eigenvalue weighted by Gasteiger charge is 2.30. The summed E-state index contributed by atoms with van der Waals surface area (Å²) in [6.45, 7) is 0.615. The van der Waals surface area contributed by atoms with Crippen LogP contribution in [0.3, 0.4) is 0 Å². The summed E-state index contributed by atoms with van der Waals surface area (Å²) >= 11 is 1.64. The molecule has 3 unspecified atom stereocenters. The van der Waals surface area contributed by atoms with Gasteiger partial charge in [-0.1, -0.05) is 0 Å². The van der Waals surface area contributed by atoms with Crippen molar-refractivity contribution in [3.63, 3.8) is 0 Å². The first-order valence-electron chi connectivity index (χ1n) is 13.6. The van der Waals surface area contributed by atoms with Gasteiger partial charge in [0.1, 0.15) is 17.5 Å². The van der Waals surface area contributed by atoms with Gasteiger partial charge < -0.3 is 44.0 Å². The number of amides is 2. The van der Waals surface area contributed by atoms with E-state index in [1.807, 2.05) is 0 Å². The number of thioether (sulfide) groups is 1. The maximum Gasteiger partial charge on any atom is 0.246 e. The Bertz CT molecular complexity index is 1390. The lowest BCUT2D eigenvalue weighted by Crippen LogP contribution is -2.50. The molecular formula is C27H39N9O5S2. The predicted molar refractivity (Wildman–Crippen MR) is 170 cm³/mol. The van der Waals surface area contributed by atoms with Crippen LogP contribution < -0.4 is 44.0 Å². The number of guanidine groups is 2. The number of nitrogens with zero attached hydrogens (tertiary/aromatic N) is 2. The van der Waals surface area contributed by atoms with Crippen molar-refractivity contribution in [1.82, 2.24) is 5.32 Å². The number of ether oxygens (including phenoxy) is 1. The first-order chi connectivity index (χ1) is 20.4. The molecule has 2 amide bonds. The molecule has 2 aromatic carbocycles. The van der Waals surface area contributed by atoms with E-state index in [2.05, 4.69) is 20.6 Å². The highest BCUT2D eigenvalue weighted by Crippen LogP contribution is 2.33. The SMILES string of the molecule is NC(N)=NCCCC(N)C(=O)NC(CCCN=C(N)N)C(=O)Nc1ccc(Oc2ccc(S(=O)(=O)CC3CS3)cc2)cc1. The first kappa shape index (κ1) is 33.5. The number of carbonyl (C=O) groups is 2. The molecule has 0 aliphatic carbocycles. The van der Waals surface area contributed by atoms with E-state index < -0.39 is 33.7 Å². The zero-order valence-corrected chi connectivity index (χ0v) is 25.3. The highest BCUT2D eigenvalue weighted by molar-refractivity contribution is 8.08. The smallest absolute Gasteiger partial charge is 0.246 e. The van der Waals surface area contributed by atoms with Gasteiger partial charge in [-0.3, -0.25) is 19.6 Å².